The molecule has 0 spiro atoms. The summed E-state index contributed by atoms with van der Waals surface area (Å²) in [5.74, 6) is 1.78. The molecular formula is C18H23NO6S. The number of rotatable bonds is 9. The fraction of sp³-hybridized carbons (Fsp3) is 0.333. The maximum Gasteiger partial charge on any atom is 0.262 e. The summed E-state index contributed by atoms with van der Waals surface area (Å²) in [6.45, 7) is 4.51. The molecule has 0 bridgehead atoms. The monoisotopic (exact) mass is 381 g/mol. The Morgan fingerprint density at radius 1 is 0.846 bits per heavy atom. The highest BCUT2D eigenvalue weighted by Crippen LogP contribution is 2.33. The van der Waals surface area contributed by atoms with E-state index in [0.717, 1.165) is 0 Å². The second-order valence-corrected chi connectivity index (χ2v) is 6.83. The molecule has 0 aliphatic carbocycles. The van der Waals surface area contributed by atoms with Gasteiger partial charge in [-0.2, -0.15) is 0 Å². The second-order valence-electron chi connectivity index (χ2n) is 5.15. The topological polar surface area (TPSA) is 83.1 Å². The van der Waals surface area contributed by atoms with Gasteiger partial charge in [-0.15, -0.1) is 0 Å². The molecule has 0 aliphatic heterocycles. The summed E-state index contributed by atoms with van der Waals surface area (Å²) in [6.07, 6.45) is 0. The Hall–Kier alpha value is -2.61. The van der Waals surface area contributed by atoms with E-state index in [9.17, 15) is 8.42 Å². The third kappa shape index (κ3) is 4.51. The molecule has 0 atom stereocenters. The van der Waals surface area contributed by atoms with Crippen LogP contribution < -0.4 is 23.7 Å². The SMILES string of the molecule is CCOc1ccc(S(=O)(=O)Nc2ccc(OC)cc2OC)cc1OCC. The Bertz CT molecular complexity index is 851. The van der Waals surface area contributed by atoms with E-state index in [2.05, 4.69) is 4.72 Å². The van der Waals surface area contributed by atoms with Crippen LogP contribution in [0.25, 0.3) is 0 Å². The zero-order valence-corrected chi connectivity index (χ0v) is 16.1. The molecule has 26 heavy (non-hydrogen) atoms. The van der Waals surface area contributed by atoms with Crippen LogP contribution in [0.4, 0.5) is 5.69 Å². The quantitative estimate of drug-likeness (QED) is 0.718. The van der Waals surface area contributed by atoms with Crippen LogP contribution in [0.1, 0.15) is 13.8 Å². The highest BCUT2D eigenvalue weighted by Gasteiger charge is 2.19. The van der Waals surface area contributed by atoms with Gasteiger partial charge in [-0.05, 0) is 38.1 Å². The maximum absolute atomic E-state index is 12.8. The van der Waals surface area contributed by atoms with Crippen molar-refractivity contribution in [3.8, 4) is 23.0 Å². The van der Waals surface area contributed by atoms with Gasteiger partial charge in [0, 0.05) is 12.1 Å². The Morgan fingerprint density at radius 2 is 1.54 bits per heavy atom. The van der Waals surface area contributed by atoms with Crippen molar-refractivity contribution >= 4 is 15.7 Å². The summed E-state index contributed by atoms with van der Waals surface area (Å²) < 4.78 is 49.3. The maximum atomic E-state index is 12.8. The van der Waals surface area contributed by atoms with E-state index in [0.29, 0.717) is 41.9 Å². The van der Waals surface area contributed by atoms with Crippen LogP contribution in [-0.2, 0) is 10.0 Å². The number of methoxy groups -OCH3 is 2. The largest absolute Gasteiger partial charge is 0.497 e. The van der Waals surface area contributed by atoms with Gasteiger partial charge in [0.25, 0.3) is 10.0 Å². The Morgan fingerprint density at radius 3 is 2.15 bits per heavy atom. The number of hydrogen-bond acceptors (Lipinski definition) is 6. The van der Waals surface area contributed by atoms with E-state index in [1.165, 1.54) is 26.4 Å². The van der Waals surface area contributed by atoms with E-state index < -0.39 is 10.0 Å². The summed E-state index contributed by atoms with van der Waals surface area (Å²) in [5, 5.41) is 0. The molecule has 7 nitrogen and oxygen atoms in total. The van der Waals surface area contributed by atoms with Crippen LogP contribution in [0.15, 0.2) is 41.3 Å². The highest BCUT2D eigenvalue weighted by molar-refractivity contribution is 7.92. The van der Waals surface area contributed by atoms with Crippen molar-refractivity contribution in [2.75, 3.05) is 32.2 Å². The lowest BCUT2D eigenvalue weighted by molar-refractivity contribution is 0.287. The average Bonchev–Trinajstić information content (AvgIpc) is 2.63. The molecule has 0 heterocycles. The van der Waals surface area contributed by atoms with Crippen molar-refractivity contribution in [3.05, 3.63) is 36.4 Å². The van der Waals surface area contributed by atoms with E-state index in [1.54, 1.807) is 24.3 Å². The van der Waals surface area contributed by atoms with Gasteiger partial charge in [0.05, 0.1) is 38.0 Å². The minimum atomic E-state index is -3.84. The molecule has 2 aromatic carbocycles. The standard InChI is InChI=1S/C18H23NO6S/c1-5-24-16-10-8-14(12-18(16)25-6-2)26(20,21)19-15-9-7-13(22-3)11-17(15)23-4/h7-12,19H,5-6H2,1-4H3. The summed E-state index contributed by atoms with van der Waals surface area (Å²) in [5.41, 5.74) is 0.306. The number of ether oxygens (including phenoxy) is 4. The van der Waals surface area contributed by atoms with Crippen molar-refractivity contribution in [3.63, 3.8) is 0 Å². The van der Waals surface area contributed by atoms with Crippen molar-refractivity contribution in [2.24, 2.45) is 0 Å². The van der Waals surface area contributed by atoms with Gasteiger partial charge in [0.1, 0.15) is 11.5 Å². The number of benzene rings is 2. The Balaban J connectivity index is 2.37. The molecule has 0 aliphatic rings. The fourth-order valence-corrected chi connectivity index (χ4v) is 3.37. The predicted octanol–water partition coefficient (Wildman–Crippen LogP) is 3.30. The summed E-state index contributed by atoms with van der Waals surface area (Å²) in [6, 6.07) is 9.30. The minimum absolute atomic E-state index is 0.0577. The van der Waals surface area contributed by atoms with Crippen LogP contribution in [0, 0.1) is 0 Å². The van der Waals surface area contributed by atoms with Crippen LogP contribution in [0.3, 0.4) is 0 Å². The first-order chi connectivity index (χ1) is 12.4. The summed E-state index contributed by atoms with van der Waals surface area (Å²) in [4.78, 5) is 0.0577. The Kier molecular flexibility index (Phi) is 6.57. The Labute approximate surface area is 153 Å². The number of nitrogens with one attached hydrogen (secondary N) is 1. The molecule has 0 fully saturated rings. The van der Waals surface area contributed by atoms with E-state index in [4.69, 9.17) is 18.9 Å². The first-order valence-corrected chi connectivity index (χ1v) is 9.58. The third-order valence-corrected chi connectivity index (χ3v) is 4.84. The molecule has 0 amide bonds. The fourth-order valence-electron chi connectivity index (χ4n) is 2.29. The lowest BCUT2D eigenvalue weighted by atomic mass is 10.3. The van der Waals surface area contributed by atoms with Gasteiger partial charge in [-0.3, -0.25) is 4.72 Å². The third-order valence-electron chi connectivity index (χ3n) is 3.48. The van der Waals surface area contributed by atoms with Crippen LogP contribution in [0.2, 0.25) is 0 Å². The van der Waals surface area contributed by atoms with Gasteiger partial charge >= 0.3 is 0 Å². The highest BCUT2D eigenvalue weighted by atomic mass is 32.2. The van der Waals surface area contributed by atoms with Gasteiger partial charge < -0.3 is 18.9 Å². The van der Waals surface area contributed by atoms with Crippen LogP contribution >= 0.6 is 0 Å². The zero-order valence-electron chi connectivity index (χ0n) is 15.2. The summed E-state index contributed by atoms with van der Waals surface area (Å²) in [7, 11) is -0.868. The van der Waals surface area contributed by atoms with Crippen LogP contribution in [-0.4, -0.2) is 35.9 Å². The van der Waals surface area contributed by atoms with Gasteiger partial charge in [0.2, 0.25) is 0 Å². The molecule has 0 saturated carbocycles. The predicted molar refractivity (Wildman–Crippen MR) is 99.1 cm³/mol. The molecule has 2 rings (SSSR count). The van der Waals surface area contributed by atoms with E-state index in [1.807, 2.05) is 13.8 Å². The molecule has 0 radical (unpaired) electrons. The summed E-state index contributed by atoms with van der Waals surface area (Å²) >= 11 is 0. The lowest BCUT2D eigenvalue weighted by Gasteiger charge is -2.15. The molecule has 0 unspecified atom stereocenters. The van der Waals surface area contributed by atoms with Gasteiger partial charge in [0.15, 0.2) is 11.5 Å². The van der Waals surface area contributed by atoms with Crippen molar-refractivity contribution in [1.82, 2.24) is 0 Å². The van der Waals surface area contributed by atoms with Gasteiger partial charge in [-0.1, -0.05) is 0 Å². The number of hydrogen-bond donors (Lipinski definition) is 1. The van der Waals surface area contributed by atoms with E-state index >= 15 is 0 Å². The van der Waals surface area contributed by atoms with Gasteiger partial charge in [-0.25, -0.2) is 8.42 Å². The van der Waals surface area contributed by atoms with Crippen molar-refractivity contribution in [1.29, 1.82) is 0 Å². The zero-order chi connectivity index (χ0) is 19.2. The molecule has 142 valence electrons. The number of anilines is 1. The average molecular weight is 381 g/mol. The molecular weight excluding hydrogens is 358 g/mol. The molecule has 1 N–H and O–H groups in total. The number of sulfonamides is 1. The van der Waals surface area contributed by atoms with E-state index in [-0.39, 0.29) is 4.90 Å². The smallest absolute Gasteiger partial charge is 0.262 e. The first kappa shape index (κ1) is 19.7. The second kappa shape index (κ2) is 8.66. The van der Waals surface area contributed by atoms with Crippen molar-refractivity contribution < 1.29 is 27.4 Å². The molecule has 8 heteroatoms. The molecule has 0 saturated heterocycles. The molecule has 2 aromatic rings. The minimum Gasteiger partial charge on any atom is -0.497 e. The first-order valence-electron chi connectivity index (χ1n) is 8.09. The lowest BCUT2D eigenvalue weighted by Crippen LogP contribution is -2.14. The normalized spacial score (nSPS) is 10.9. The van der Waals surface area contributed by atoms with Crippen LogP contribution in [0.5, 0.6) is 23.0 Å². The van der Waals surface area contributed by atoms with Crippen molar-refractivity contribution in [2.45, 2.75) is 18.7 Å². The molecule has 0 aromatic heterocycles.